The molecule has 0 radical (unpaired) electrons. The zero-order chi connectivity index (χ0) is 16.4. The molecule has 0 saturated heterocycles. The molecule has 0 fully saturated rings. The number of carbonyl (C=O) groups excluding carboxylic acids is 1. The van der Waals surface area contributed by atoms with Crippen LogP contribution in [0, 0.1) is 11.3 Å². The molecule has 23 heavy (non-hydrogen) atoms. The number of hydrogen-bond acceptors (Lipinski definition) is 6. The fraction of sp³-hybridized carbons (Fsp3) is 0.312. The quantitative estimate of drug-likeness (QED) is 0.932. The zero-order valence-electron chi connectivity index (χ0n) is 12.8. The Morgan fingerprint density at radius 3 is 3.00 bits per heavy atom. The molecule has 0 aliphatic carbocycles. The fourth-order valence-electron chi connectivity index (χ4n) is 2.05. The number of thiazole rings is 1. The van der Waals surface area contributed by atoms with Gasteiger partial charge in [0.25, 0.3) is 5.91 Å². The number of benzene rings is 1. The van der Waals surface area contributed by atoms with E-state index in [4.69, 9.17) is 14.7 Å². The zero-order valence-corrected chi connectivity index (χ0v) is 13.6. The summed E-state index contributed by atoms with van der Waals surface area (Å²) in [5, 5.41) is 14.3. The van der Waals surface area contributed by atoms with Crippen LogP contribution in [-0.4, -0.2) is 23.2 Å². The van der Waals surface area contributed by atoms with E-state index in [1.807, 2.05) is 25.1 Å². The van der Waals surface area contributed by atoms with Crippen molar-refractivity contribution in [3.8, 4) is 28.1 Å². The van der Waals surface area contributed by atoms with Crippen LogP contribution in [0.5, 0.6) is 11.5 Å². The number of nitrogens with zero attached hydrogens (tertiary/aromatic N) is 2. The van der Waals surface area contributed by atoms with Gasteiger partial charge in [0.2, 0.25) is 6.79 Å². The molecule has 0 spiro atoms. The van der Waals surface area contributed by atoms with E-state index in [2.05, 4.69) is 16.4 Å². The van der Waals surface area contributed by atoms with Crippen molar-refractivity contribution >= 4 is 17.2 Å². The predicted molar refractivity (Wildman–Crippen MR) is 85.4 cm³/mol. The minimum Gasteiger partial charge on any atom is -0.454 e. The first-order valence-corrected chi connectivity index (χ1v) is 8.02. The summed E-state index contributed by atoms with van der Waals surface area (Å²) in [6.45, 7) is 3.76. The third kappa shape index (κ3) is 2.98. The summed E-state index contributed by atoms with van der Waals surface area (Å²) in [4.78, 5) is 16.6. The molecule has 1 aromatic carbocycles. The van der Waals surface area contributed by atoms with Crippen molar-refractivity contribution in [3.05, 3.63) is 29.3 Å². The van der Waals surface area contributed by atoms with E-state index in [1.165, 1.54) is 11.3 Å². The lowest BCUT2D eigenvalue weighted by Gasteiger charge is -2.20. The molecule has 6 nitrogen and oxygen atoms in total. The monoisotopic (exact) mass is 329 g/mol. The van der Waals surface area contributed by atoms with E-state index in [9.17, 15) is 4.79 Å². The van der Waals surface area contributed by atoms with Crippen LogP contribution in [0.2, 0.25) is 0 Å². The number of hydrogen-bond donors (Lipinski definition) is 1. The summed E-state index contributed by atoms with van der Waals surface area (Å²) >= 11 is 1.37. The Bertz CT molecular complexity index is 796. The molecule has 3 rings (SSSR count). The summed E-state index contributed by atoms with van der Waals surface area (Å²) in [5.41, 5.74) is 0.272. The van der Waals surface area contributed by atoms with Gasteiger partial charge in [-0.3, -0.25) is 4.79 Å². The number of rotatable bonds is 4. The van der Waals surface area contributed by atoms with Gasteiger partial charge in [-0.1, -0.05) is 6.92 Å². The third-order valence-electron chi connectivity index (χ3n) is 3.70. The highest BCUT2D eigenvalue weighted by atomic mass is 32.1. The summed E-state index contributed by atoms with van der Waals surface area (Å²) in [5.74, 6) is 1.03. The van der Waals surface area contributed by atoms with Gasteiger partial charge in [-0.2, -0.15) is 5.26 Å². The largest absolute Gasteiger partial charge is 0.454 e. The third-order valence-corrected chi connectivity index (χ3v) is 4.59. The van der Waals surface area contributed by atoms with Crippen molar-refractivity contribution in [1.82, 2.24) is 10.3 Å². The van der Waals surface area contributed by atoms with E-state index >= 15 is 0 Å². The first kappa shape index (κ1) is 15.3. The number of nitrogens with one attached hydrogen (secondary N) is 1. The van der Waals surface area contributed by atoms with Crippen molar-refractivity contribution in [2.24, 2.45) is 0 Å². The van der Waals surface area contributed by atoms with Crippen molar-refractivity contribution in [2.45, 2.75) is 25.8 Å². The number of aromatic nitrogens is 1. The van der Waals surface area contributed by atoms with E-state index in [0.29, 0.717) is 28.6 Å². The summed E-state index contributed by atoms with van der Waals surface area (Å²) in [7, 11) is 0. The van der Waals surface area contributed by atoms with Crippen molar-refractivity contribution in [3.63, 3.8) is 0 Å². The number of nitriles is 1. The Morgan fingerprint density at radius 2 is 2.26 bits per heavy atom. The highest BCUT2D eigenvalue weighted by Gasteiger charge is 2.25. The maximum Gasteiger partial charge on any atom is 0.272 e. The summed E-state index contributed by atoms with van der Waals surface area (Å²) < 4.78 is 10.6. The normalized spacial score (nSPS) is 14.8. The average Bonchev–Trinajstić information content (AvgIpc) is 3.22. The van der Waals surface area contributed by atoms with Gasteiger partial charge in [-0.25, -0.2) is 4.98 Å². The lowest BCUT2D eigenvalue weighted by atomic mass is 10.0. The average molecular weight is 329 g/mol. The highest BCUT2D eigenvalue weighted by molar-refractivity contribution is 7.13. The van der Waals surface area contributed by atoms with Gasteiger partial charge in [0.15, 0.2) is 11.5 Å². The Kier molecular flexibility index (Phi) is 3.92. The number of ether oxygens (including phenoxy) is 2. The predicted octanol–water partition coefficient (Wildman–Crippen LogP) is 2.96. The minimum absolute atomic E-state index is 0.216. The molecule has 2 heterocycles. The van der Waals surface area contributed by atoms with Crippen molar-refractivity contribution in [2.75, 3.05) is 6.79 Å². The van der Waals surface area contributed by atoms with Crippen molar-refractivity contribution in [1.29, 1.82) is 5.26 Å². The van der Waals surface area contributed by atoms with Gasteiger partial charge in [0.05, 0.1) is 6.07 Å². The van der Waals surface area contributed by atoms with Crippen LogP contribution < -0.4 is 14.8 Å². The van der Waals surface area contributed by atoms with Gasteiger partial charge in [-0.05, 0) is 31.5 Å². The van der Waals surface area contributed by atoms with Crippen LogP contribution in [0.1, 0.15) is 30.8 Å². The SMILES string of the molecule is CC[C@@](C)(C#N)NC(=O)c1csc(-c2ccc3c(c2)OCO3)n1. The van der Waals surface area contributed by atoms with E-state index < -0.39 is 5.54 Å². The molecular weight excluding hydrogens is 314 g/mol. The van der Waals surface area contributed by atoms with Crippen LogP contribution >= 0.6 is 11.3 Å². The molecule has 0 bridgehead atoms. The van der Waals surface area contributed by atoms with Crippen LogP contribution in [-0.2, 0) is 0 Å². The molecule has 2 aromatic rings. The molecule has 7 heteroatoms. The molecule has 1 aliphatic heterocycles. The first-order valence-electron chi connectivity index (χ1n) is 7.14. The van der Waals surface area contributed by atoms with Crippen LogP contribution in [0.3, 0.4) is 0 Å². The van der Waals surface area contributed by atoms with E-state index in [1.54, 1.807) is 12.3 Å². The minimum atomic E-state index is -0.889. The second-order valence-electron chi connectivity index (χ2n) is 5.36. The molecule has 1 atom stereocenters. The Morgan fingerprint density at radius 1 is 1.48 bits per heavy atom. The molecule has 0 saturated carbocycles. The molecule has 1 N–H and O–H groups in total. The standard InChI is InChI=1S/C16H15N3O3S/c1-3-16(2,8-17)19-14(20)11-7-23-15(18-11)10-4-5-12-13(6-10)22-9-21-12/h4-7H,3,9H2,1-2H3,(H,19,20)/t16-/m0/s1. The van der Waals surface area contributed by atoms with Gasteiger partial charge in [-0.15, -0.1) is 11.3 Å². The lowest BCUT2D eigenvalue weighted by molar-refractivity contribution is 0.0918. The van der Waals surface area contributed by atoms with Crippen LogP contribution in [0.25, 0.3) is 10.6 Å². The van der Waals surface area contributed by atoms with Crippen LogP contribution in [0.4, 0.5) is 0 Å². The molecule has 1 aromatic heterocycles. The second-order valence-corrected chi connectivity index (χ2v) is 6.22. The van der Waals surface area contributed by atoms with Gasteiger partial charge < -0.3 is 14.8 Å². The number of fused-ring (bicyclic) bond motifs is 1. The van der Waals surface area contributed by atoms with Crippen molar-refractivity contribution < 1.29 is 14.3 Å². The molecule has 118 valence electrons. The molecule has 1 amide bonds. The van der Waals surface area contributed by atoms with Gasteiger partial charge in [0.1, 0.15) is 16.2 Å². The van der Waals surface area contributed by atoms with Gasteiger partial charge in [0, 0.05) is 10.9 Å². The summed E-state index contributed by atoms with van der Waals surface area (Å²) in [6, 6.07) is 7.65. The Labute approximate surface area is 137 Å². The second kappa shape index (κ2) is 5.89. The Balaban J connectivity index is 1.81. The first-order chi connectivity index (χ1) is 11.0. The molecular formula is C16H15N3O3S. The maximum absolute atomic E-state index is 12.2. The number of amides is 1. The molecule has 0 unspecified atom stereocenters. The van der Waals surface area contributed by atoms with E-state index in [0.717, 1.165) is 5.56 Å². The highest BCUT2D eigenvalue weighted by Crippen LogP contribution is 2.36. The van der Waals surface area contributed by atoms with Crippen LogP contribution in [0.15, 0.2) is 23.6 Å². The molecule has 1 aliphatic rings. The fourth-order valence-corrected chi connectivity index (χ4v) is 2.85. The smallest absolute Gasteiger partial charge is 0.272 e. The topological polar surface area (TPSA) is 84.2 Å². The summed E-state index contributed by atoms with van der Waals surface area (Å²) in [6.07, 6.45) is 0.522. The Hall–Kier alpha value is -2.59. The van der Waals surface area contributed by atoms with Gasteiger partial charge >= 0.3 is 0 Å². The van der Waals surface area contributed by atoms with E-state index in [-0.39, 0.29) is 12.7 Å². The number of carbonyl (C=O) groups is 1. The maximum atomic E-state index is 12.2. The lowest BCUT2D eigenvalue weighted by Crippen LogP contribution is -2.44.